The highest BCUT2D eigenvalue weighted by molar-refractivity contribution is 5.98. The third kappa shape index (κ3) is 4.98. The van der Waals surface area contributed by atoms with E-state index in [4.69, 9.17) is 10.5 Å². The topological polar surface area (TPSA) is 131 Å². The number of rotatable bonds is 7. The zero-order valence-electron chi connectivity index (χ0n) is 15.9. The number of nitrogens with zero attached hydrogens (tertiary/aromatic N) is 2. The van der Waals surface area contributed by atoms with Crippen molar-refractivity contribution in [2.24, 2.45) is 5.73 Å². The van der Waals surface area contributed by atoms with E-state index in [1.807, 2.05) is 30.3 Å². The summed E-state index contributed by atoms with van der Waals surface area (Å²) in [6, 6.07) is 14.4. The summed E-state index contributed by atoms with van der Waals surface area (Å²) in [5.41, 5.74) is 7.45. The molecule has 0 fully saturated rings. The second-order valence-corrected chi connectivity index (χ2v) is 6.03. The first kappa shape index (κ1) is 19.6. The van der Waals surface area contributed by atoms with E-state index in [1.54, 1.807) is 18.2 Å². The number of benzene rings is 2. The second-order valence-electron chi connectivity index (χ2n) is 6.03. The molecule has 0 atom stereocenters. The van der Waals surface area contributed by atoms with Gasteiger partial charge in [0.15, 0.2) is 0 Å². The maximum Gasteiger partial charge on any atom is 0.254 e. The monoisotopic (exact) mass is 392 g/mol. The van der Waals surface area contributed by atoms with Gasteiger partial charge in [-0.2, -0.15) is 4.98 Å². The second kappa shape index (κ2) is 8.70. The number of methoxy groups -OCH3 is 1. The molecule has 1 heterocycles. The normalized spacial score (nSPS) is 10.1. The molecule has 0 aliphatic carbocycles. The van der Waals surface area contributed by atoms with E-state index >= 15 is 0 Å². The quantitative estimate of drug-likeness (QED) is 0.486. The number of primary amides is 1. The minimum atomic E-state index is -0.653. The molecule has 3 rings (SSSR count). The van der Waals surface area contributed by atoms with E-state index in [1.165, 1.54) is 20.2 Å². The van der Waals surface area contributed by atoms with E-state index in [0.29, 0.717) is 17.1 Å². The summed E-state index contributed by atoms with van der Waals surface area (Å²) >= 11 is 0. The van der Waals surface area contributed by atoms with Crippen molar-refractivity contribution in [1.29, 1.82) is 0 Å². The van der Waals surface area contributed by atoms with Crippen LogP contribution in [0.5, 0.6) is 5.75 Å². The number of aromatic nitrogens is 2. The lowest BCUT2D eigenvalue weighted by Gasteiger charge is -2.14. The molecule has 5 N–H and O–H groups in total. The molecule has 0 unspecified atom stereocenters. The number of carbonyl (C=O) groups excluding carboxylic acids is 2. The Bertz CT molecular complexity index is 1040. The highest BCUT2D eigenvalue weighted by atomic mass is 16.5. The van der Waals surface area contributed by atoms with Crippen LogP contribution in [0.2, 0.25) is 0 Å². The Kier molecular flexibility index (Phi) is 5.88. The number of hydrogen-bond acceptors (Lipinski definition) is 7. The molecule has 148 valence electrons. The van der Waals surface area contributed by atoms with Crippen molar-refractivity contribution < 1.29 is 14.3 Å². The Morgan fingerprint density at radius 2 is 1.79 bits per heavy atom. The first-order valence-electron chi connectivity index (χ1n) is 8.68. The van der Waals surface area contributed by atoms with Crippen molar-refractivity contribution >= 4 is 40.6 Å². The van der Waals surface area contributed by atoms with Gasteiger partial charge in [0.2, 0.25) is 11.9 Å². The summed E-state index contributed by atoms with van der Waals surface area (Å²) in [5.74, 6) is 0.155. The molecule has 2 amide bonds. The Morgan fingerprint density at radius 3 is 2.45 bits per heavy atom. The number of nitrogens with one attached hydrogen (secondary N) is 3. The number of anilines is 5. The zero-order chi connectivity index (χ0) is 20.8. The van der Waals surface area contributed by atoms with Crippen LogP contribution in [-0.2, 0) is 4.79 Å². The molecular weight excluding hydrogens is 372 g/mol. The van der Waals surface area contributed by atoms with E-state index in [9.17, 15) is 9.59 Å². The molecule has 0 radical (unpaired) electrons. The maximum atomic E-state index is 11.8. The van der Waals surface area contributed by atoms with E-state index in [-0.39, 0.29) is 23.2 Å². The largest absolute Gasteiger partial charge is 0.495 e. The Balaban J connectivity index is 1.94. The van der Waals surface area contributed by atoms with Crippen molar-refractivity contribution in [3.63, 3.8) is 0 Å². The van der Waals surface area contributed by atoms with Gasteiger partial charge in [0.25, 0.3) is 5.91 Å². The van der Waals surface area contributed by atoms with Crippen LogP contribution in [0.4, 0.5) is 28.8 Å². The minimum Gasteiger partial charge on any atom is -0.495 e. The Labute approximate surface area is 167 Å². The van der Waals surface area contributed by atoms with Gasteiger partial charge in [-0.15, -0.1) is 0 Å². The third-order valence-corrected chi connectivity index (χ3v) is 3.86. The summed E-state index contributed by atoms with van der Waals surface area (Å²) < 4.78 is 5.34. The highest BCUT2D eigenvalue weighted by Gasteiger charge is 2.14. The van der Waals surface area contributed by atoms with Crippen LogP contribution in [0.1, 0.15) is 17.3 Å². The molecule has 2 aromatic carbocycles. The fourth-order valence-electron chi connectivity index (χ4n) is 2.58. The van der Waals surface area contributed by atoms with Crippen LogP contribution in [0.15, 0.2) is 54.7 Å². The van der Waals surface area contributed by atoms with Crippen LogP contribution < -0.4 is 26.4 Å². The molecule has 1 aromatic heterocycles. The van der Waals surface area contributed by atoms with Gasteiger partial charge in [-0.3, -0.25) is 9.59 Å². The number of amides is 2. The first-order chi connectivity index (χ1) is 14.0. The van der Waals surface area contributed by atoms with Gasteiger partial charge in [-0.25, -0.2) is 4.98 Å². The third-order valence-electron chi connectivity index (χ3n) is 3.86. The van der Waals surface area contributed by atoms with Crippen LogP contribution >= 0.6 is 0 Å². The molecule has 0 aliphatic heterocycles. The van der Waals surface area contributed by atoms with Gasteiger partial charge in [-0.1, -0.05) is 18.2 Å². The van der Waals surface area contributed by atoms with E-state index < -0.39 is 5.91 Å². The standard InChI is InChI=1S/C20H20N6O3/c1-12(27)23-14-8-9-17(29-2)16(10-14)25-20-22-11-15(18(21)28)19(26-20)24-13-6-4-3-5-7-13/h3-11H,1-2H3,(H2,21,28)(H,23,27)(H2,22,24,25,26). The van der Waals surface area contributed by atoms with Crippen LogP contribution in [-0.4, -0.2) is 28.9 Å². The fourth-order valence-corrected chi connectivity index (χ4v) is 2.58. The predicted molar refractivity (Wildman–Crippen MR) is 111 cm³/mol. The Morgan fingerprint density at radius 1 is 1.03 bits per heavy atom. The molecule has 0 bridgehead atoms. The van der Waals surface area contributed by atoms with Crippen LogP contribution in [0.25, 0.3) is 0 Å². The van der Waals surface area contributed by atoms with Gasteiger partial charge in [0.05, 0.1) is 12.8 Å². The molecule has 9 nitrogen and oxygen atoms in total. The minimum absolute atomic E-state index is 0.151. The number of hydrogen-bond donors (Lipinski definition) is 4. The fraction of sp³-hybridized carbons (Fsp3) is 0.100. The summed E-state index contributed by atoms with van der Waals surface area (Å²) in [4.78, 5) is 31.6. The van der Waals surface area contributed by atoms with Gasteiger partial charge in [-0.05, 0) is 30.3 Å². The predicted octanol–water partition coefficient (Wildman–Crippen LogP) is 3.03. The number of para-hydroxylation sites is 1. The van der Waals surface area contributed by atoms with Crippen molar-refractivity contribution in [2.75, 3.05) is 23.1 Å². The van der Waals surface area contributed by atoms with Crippen molar-refractivity contribution in [2.45, 2.75) is 6.92 Å². The summed E-state index contributed by atoms with van der Waals surface area (Å²) in [7, 11) is 1.53. The number of ether oxygens (including phenoxy) is 1. The molecule has 0 saturated carbocycles. The van der Waals surface area contributed by atoms with Gasteiger partial charge >= 0.3 is 0 Å². The number of nitrogens with two attached hydrogens (primary N) is 1. The van der Waals surface area contributed by atoms with Crippen molar-refractivity contribution in [1.82, 2.24) is 9.97 Å². The molecule has 0 spiro atoms. The lowest BCUT2D eigenvalue weighted by Crippen LogP contribution is -2.15. The SMILES string of the molecule is COc1ccc(NC(C)=O)cc1Nc1ncc(C(N)=O)c(Nc2ccccc2)n1. The lowest BCUT2D eigenvalue weighted by molar-refractivity contribution is -0.114. The van der Waals surface area contributed by atoms with Gasteiger partial charge in [0, 0.05) is 24.5 Å². The Hall–Kier alpha value is -4.14. The molecule has 0 aliphatic rings. The van der Waals surface area contributed by atoms with E-state index in [0.717, 1.165) is 5.69 Å². The molecule has 0 saturated heterocycles. The molecular formula is C20H20N6O3. The average molecular weight is 392 g/mol. The van der Waals surface area contributed by atoms with Gasteiger partial charge in [0.1, 0.15) is 17.1 Å². The molecule has 3 aromatic rings. The van der Waals surface area contributed by atoms with Crippen LogP contribution in [0.3, 0.4) is 0 Å². The zero-order valence-corrected chi connectivity index (χ0v) is 15.9. The van der Waals surface area contributed by atoms with Crippen molar-refractivity contribution in [3.05, 3.63) is 60.3 Å². The smallest absolute Gasteiger partial charge is 0.254 e. The average Bonchev–Trinajstić information content (AvgIpc) is 2.68. The number of carbonyl (C=O) groups is 2. The summed E-state index contributed by atoms with van der Waals surface area (Å²) in [6.45, 7) is 1.42. The van der Waals surface area contributed by atoms with E-state index in [2.05, 4.69) is 25.9 Å². The summed E-state index contributed by atoms with van der Waals surface area (Å²) in [5, 5.41) is 8.81. The summed E-state index contributed by atoms with van der Waals surface area (Å²) in [6.07, 6.45) is 1.34. The maximum absolute atomic E-state index is 11.8. The molecule has 9 heteroatoms. The first-order valence-corrected chi connectivity index (χ1v) is 8.68. The van der Waals surface area contributed by atoms with Gasteiger partial charge < -0.3 is 26.4 Å². The highest BCUT2D eigenvalue weighted by Crippen LogP contribution is 2.30. The van der Waals surface area contributed by atoms with Crippen LogP contribution in [0, 0.1) is 0 Å². The molecule has 29 heavy (non-hydrogen) atoms. The van der Waals surface area contributed by atoms with Crippen molar-refractivity contribution in [3.8, 4) is 5.75 Å². The lowest BCUT2D eigenvalue weighted by atomic mass is 10.2.